The van der Waals surface area contributed by atoms with Crippen molar-refractivity contribution in [3.8, 4) is 0 Å². The molecule has 0 radical (unpaired) electrons. The molecule has 0 spiro atoms. The van der Waals surface area contributed by atoms with Crippen LogP contribution in [0.2, 0.25) is 5.02 Å². The van der Waals surface area contributed by atoms with Gasteiger partial charge in [-0.15, -0.1) is 11.6 Å². The fourth-order valence-corrected chi connectivity index (χ4v) is 4.58. The minimum Gasteiger partial charge on any atom is -0.207 e. The van der Waals surface area contributed by atoms with Crippen LogP contribution >= 0.6 is 23.2 Å². The molecule has 0 aliphatic rings. The van der Waals surface area contributed by atoms with Gasteiger partial charge in [0.25, 0.3) is 0 Å². The highest BCUT2D eigenvalue weighted by Gasteiger charge is 2.28. The molecule has 0 unspecified atom stereocenters. The second-order valence-corrected chi connectivity index (χ2v) is 7.19. The fourth-order valence-electron chi connectivity index (χ4n) is 2.05. The van der Waals surface area contributed by atoms with Crippen LogP contribution in [0.15, 0.2) is 17.0 Å². The second-order valence-electron chi connectivity index (χ2n) is 4.62. The van der Waals surface area contributed by atoms with E-state index < -0.39 is 10.0 Å². The van der Waals surface area contributed by atoms with Gasteiger partial charge in [-0.2, -0.15) is 4.31 Å². The molecule has 0 saturated heterocycles. The van der Waals surface area contributed by atoms with Crippen LogP contribution < -0.4 is 0 Å². The van der Waals surface area contributed by atoms with Crippen LogP contribution in [0.5, 0.6) is 0 Å². The first-order chi connectivity index (χ1) is 8.75. The molecule has 19 heavy (non-hydrogen) atoms. The number of benzene rings is 1. The predicted molar refractivity (Wildman–Crippen MR) is 80.4 cm³/mol. The quantitative estimate of drug-likeness (QED) is 0.773. The third-order valence-corrected chi connectivity index (χ3v) is 5.83. The van der Waals surface area contributed by atoms with Crippen molar-refractivity contribution in [3.63, 3.8) is 0 Å². The van der Waals surface area contributed by atoms with E-state index in [1.54, 1.807) is 13.0 Å². The Morgan fingerprint density at radius 2 is 1.89 bits per heavy atom. The summed E-state index contributed by atoms with van der Waals surface area (Å²) in [6.07, 6.45) is 0. The number of rotatable bonds is 5. The highest BCUT2D eigenvalue weighted by molar-refractivity contribution is 7.89. The van der Waals surface area contributed by atoms with Crippen LogP contribution in [0.3, 0.4) is 0 Å². The maximum Gasteiger partial charge on any atom is 0.243 e. The van der Waals surface area contributed by atoms with E-state index in [9.17, 15) is 8.42 Å². The molecule has 0 amide bonds. The molecule has 0 bridgehead atoms. The third kappa shape index (κ3) is 3.43. The summed E-state index contributed by atoms with van der Waals surface area (Å²) in [4.78, 5) is 0.242. The van der Waals surface area contributed by atoms with Gasteiger partial charge in [-0.1, -0.05) is 18.5 Å². The minimum absolute atomic E-state index is 0.104. The lowest BCUT2D eigenvalue weighted by atomic mass is 10.1. The zero-order chi connectivity index (χ0) is 14.8. The van der Waals surface area contributed by atoms with E-state index in [4.69, 9.17) is 23.2 Å². The smallest absolute Gasteiger partial charge is 0.207 e. The minimum atomic E-state index is -3.55. The number of halogens is 2. The molecule has 0 N–H and O–H groups in total. The van der Waals surface area contributed by atoms with Crippen LogP contribution in [-0.2, 0) is 15.9 Å². The van der Waals surface area contributed by atoms with Gasteiger partial charge >= 0.3 is 0 Å². The van der Waals surface area contributed by atoms with E-state index in [1.165, 1.54) is 10.4 Å². The standard InChI is InChI=1S/C13H19Cl2NO2S/c1-5-16(9(2)3)19(17,18)13-7-12(15)6-11(8-14)10(13)4/h6-7,9H,5,8H2,1-4H3. The number of alkyl halides is 1. The Morgan fingerprint density at radius 1 is 1.32 bits per heavy atom. The first-order valence-electron chi connectivity index (χ1n) is 6.12. The second kappa shape index (κ2) is 6.44. The molecule has 3 nitrogen and oxygen atoms in total. The van der Waals surface area contributed by atoms with Crippen LogP contribution in [0.25, 0.3) is 0 Å². The molecular weight excluding hydrogens is 305 g/mol. The van der Waals surface area contributed by atoms with Gasteiger partial charge < -0.3 is 0 Å². The van der Waals surface area contributed by atoms with Crippen molar-refractivity contribution in [2.24, 2.45) is 0 Å². The number of hydrogen-bond donors (Lipinski definition) is 0. The van der Waals surface area contributed by atoms with Crippen LogP contribution in [0.4, 0.5) is 0 Å². The van der Waals surface area contributed by atoms with Crippen LogP contribution in [0.1, 0.15) is 31.9 Å². The van der Waals surface area contributed by atoms with Crippen LogP contribution in [0, 0.1) is 6.92 Å². The van der Waals surface area contributed by atoms with Crippen LogP contribution in [-0.4, -0.2) is 25.3 Å². The topological polar surface area (TPSA) is 37.4 Å². The van der Waals surface area contributed by atoms with Gasteiger partial charge in [-0.3, -0.25) is 0 Å². The summed E-state index contributed by atoms with van der Waals surface area (Å²) >= 11 is 11.8. The van der Waals surface area contributed by atoms with E-state index in [2.05, 4.69) is 0 Å². The lowest BCUT2D eigenvalue weighted by molar-refractivity contribution is 0.369. The number of sulfonamides is 1. The number of hydrogen-bond acceptors (Lipinski definition) is 2. The predicted octanol–water partition coefficient (Wildman–Crippen LogP) is 3.81. The fraction of sp³-hybridized carbons (Fsp3) is 0.538. The van der Waals surface area contributed by atoms with Gasteiger partial charge in [0.2, 0.25) is 10.0 Å². The zero-order valence-corrected chi connectivity index (χ0v) is 13.9. The van der Waals surface area contributed by atoms with Gasteiger partial charge in [-0.25, -0.2) is 8.42 Å². The summed E-state index contributed by atoms with van der Waals surface area (Å²) < 4.78 is 26.8. The Balaban J connectivity index is 3.48. The van der Waals surface area contributed by atoms with E-state index >= 15 is 0 Å². The Labute approximate surface area is 125 Å². The highest BCUT2D eigenvalue weighted by atomic mass is 35.5. The van der Waals surface area contributed by atoms with Crippen molar-refractivity contribution in [2.45, 2.75) is 44.5 Å². The van der Waals surface area contributed by atoms with E-state index in [-0.39, 0.29) is 16.8 Å². The molecule has 108 valence electrons. The van der Waals surface area contributed by atoms with Crippen molar-refractivity contribution in [2.75, 3.05) is 6.54 Å². The van der Waals surface area contributed by atoms with Gasteiger partial charge in [0.05, 0.1) is 4.90 Å². The summed E-state index contributed by atoms with van der Waals surface area (Å²) in [6.45, 7) is 7.70. The molecule has 0 aliphatic carbocycles. The Kier molecular flexibility index (Phi) is 5.68. The maximum absolute atomic E-state index is 12.7. The largest absolute Gasteiger partial charge is 0.243 e. The lowest BCUT2D eigenvalue weighted by Crippen LogP contribution is -2.37. The summed E-state index contributed by atoms with van der Waals surface area (Å²) in [5, 5.41) is 0.389. The summed E-state index contributed by atoms with van der Waals surface area (Å²) in [5.41, 5.74) is 1.41. The molecule has 0 heterocycles. The number of nitrogens with zero attached hydrogens (tertiary/aromatic N) is 1. The lowest BCUT2D eigenvalue weighted by Gasteiger charge is -2.25. The summed E-state index contributed by atoms with van der Waals surface area (Å²) in [6, 6.07) is 3.09. The van der Waals surface area contributed by atoms with Crippen molar-refractivity contribution >= 4 is 33.2 Å². The average Bonchev–Trinajstić information content (AvgIpc) is 2.31. The normalized spacial score (nSPS) is 12.4. The Hall–Kier alpha value is -0.290. The van der Waals surface area contributed by atoms with Crippen molar-refractivity contribution in [1.29, 1.82) is 0 Å². The first kappa shape index (κ1) is 16.8. The van der Waals surface area contributed by atoms with Gasteiger partial charge in [0.15, 0.2) is 0 Å². The monoisotopic (exact) mass is 323 g/mol. The molecule has 1 rings (SSSR count). The average molecular weight is 324 g/mol. The van der Waals surface area contributed by atoms with E-state index in [1.807, 2.05) is 20.8 Å². The first-order valence-corrected chi connectivity index (χ1v) is 8.47. The summed E-state index contributed by atoms with van der Waals surface area (Å²) in [5.74, 6) is 0.239. The van der Waals surface area contributed by atoms with E-state index in [0.717, 1.165) is 5.56 Å². The molecular formula is C13H19Cl2NO2S. The Bertz CT molecular complexity index is 556. The molecule has 0 aromatic heterocycles. The van der Waals surface area contributed by atoms with Crippen molar-refractivity contribution in [3.05, 3.63) is 28.3 Å². The van der Waals surface area contributed by atoms with Gasteiger partial charge in [-0.05, 0) is 44.0 Å². The molecule has 0 atom stereocenters. The van der Waals surface area contributed by atoms with Gasteiger partial charge in [0, 0.05) is 23.5 Å². The molecule has 1 aromatic rings. The molecule has 0 saturated carbocycles. The van der Waals surface area contributed by atoms with Crippen molar-refractivity contribution < 1.29 is 8.42 Å². The third-order valence-electron chi connectivity index (χ3n) is 3.05. The van der Waals surface area contributed by atoms with E-state index in [0.29, 0.717) is 17.1 Å². The molecule has 0 fully saturated rings. The zero-order valence-electron chi connectivity index (χ0n) is 11.6. The summed E-state index contributed by atoms with van der Waals surface area (Å²) in [7, 11) is -3.55. The highest BCUT2D eigenvalue weighted by Crippen LogP contribution is 2.28. The molecule has 1 aromatic carbocycles. The Morgan fingerprint density at radius 3 is 2.32 bits per heavy atom. The van der Waals surface area contributed by atoms with Gasteiger partial charge in [0.1, 0.15) is 0 Å². The molecule has 6 heteroatoms. The van der Waals surface area contributed by atoms with Crippen molar-refractivity contribution in [1.82, 2.24) is 4.31 Å². The maximum atomic E-state index is 12.7. The molecule has 0 aliphatic heterocycles. The SMILES string of the molecule is CCN(C(C)C)S(=O)(=O)c1cc(Cl)cc(CCl)c1C.